The monoisotopic (exact) mass is 337 g/mol. The van der Waals surface area contributed by atoms with E-state index in [4.69, 9.17) is 9.15 Å². The summed E-state index contributed by atoms with van der Waals surface area (Å²) in [7, 11) is 1.36. The van der Waals surface area contributed by atoms with Crippen LogP contribution in [0.25, 0.3) is 0 Å². The first-order chi connectivity index (χ1) is 9.51. The van der Waals surface area contributed by atoms with E-state index in [1.165, 1.54) is 7.11 Å². The highest BCUT2D eigenvalue weighted by molar-refractivity contribution is 9.10. The molecule has 2 aromatic rings. The molecule has 0 spiro atoms. The highest BCUT2D eigenvalue weighted by Gasteiger charge is 2.15. The summed E-state index contributed by atoms with van der Waals surface area (Å²) in [6.45, 7) is 4.29. The molecule has 0 unspecified atom stereocenters. The maximum absolute atomic E-state index is 11.5. The fourth-order valence-corrected chi connectivity index (χ4v) is 2.27. The molecule has 0 atom stereocenters. The van der Waals surface area contributed by atoms with Gasteiger partial charge in [-0.05, 0) is 37.6 Å². The lowest BCUT2D eigenvalue weighted by molar-refractivity contribution is 0.0599. The number of hydrogen-bond acceptors (Lipinski definition) is 4. The summed E-state index contributed by atoms with van der Waals surface area (Å²) in [6, 6.07) is 7.74. The van der Waals surface area contributed by atoms with Crippen LogP contribution in [-0.4, -0.2) is 13.1 Å². The van der Waals surface area contributed by atoms with E-state index >= 15 is 0 Å². The molecule has 0 amide bonds. The van der Waals surface area contributed by atoms with Gasteiger partial charge in [0.2, 0.25) is 0 Å². The van der Waals surface area contributed by atoms with Crippen molar-refractivity contribution >= 4 is 27.6 Å². The first-order valence-electron chi connectivity index (χ1n) is 6.19. The van der Waals surface area contributed by atoms with Crippen LogP contribution < -0.4 is 5.32 Å². The van der Waals surface area contributed by atoms with Crippen molar-refractivity contribution in [3.63, 3.8) is 0 Å². The normalized spacial score (nSPS) is 10.4. The van der Waals surface area contributed by atoms with Crippen molar-refractivity contribution in [3.05, 3.63) is 51.4 Å². The number of ether oxygens (including phenoxy) is 1. The molecule has 0 bridgehead atoms. The fraction of sp³-hybridized carbons (Fsp3) is 0.267. The summed E-state index contributed by atoms with van der Waals surface area (Å²) in [5, 5.41) is 3.29. The topological polar surface area (TPSA) is 51.5 Å². The van der Waals surface area contributed by atoms with E-state index in [-0.39, 0.29) is 5.97 Å². The van der Waals surface area contributed by atoms with Crippen molar-refractivity contribution in [1.29, 1.82) is 0 Å². The molecular formula is C15H16BrNO3. The summed E-state index contributed by atoms with van der Waals surface area (Å²) in [6.07, 6.45) is 0. The number of rotatable bonds is 4. The van der Waals surface area contributed by atoms with Gasteiger partial charge in [0.25, 0.3) is 0 Å². The summed E-state index contributed by atoms with van der Waals surface area (Å²) in [5.74, 6) is 0.887. The summed E-state index contributed by atoms with van der Waals surface area (Å²) in [5.41, 5.74) is 2.63. The number of anilines is 1. The summed E-state index contributed by atoms with van der Waals surface area (Å²) >= 11 is 3.44. The molecule has 5 heteroatoms. The molecule has 20 heavy (non-hydrogen) atoms. The fourth-order valence-electron chi connectivity index (χ4n) is 1.91. The van der Waals surface area contributed by atoms with Gasteiger partial charge in [0, 0.05) is 10.2 Å². The lowest BCUT2D eigenvalue weighted by Crippen LogP contribution is -2.01. The summed E-state index contributed by atoms with van der Waals surface area (Å²) < 4.78 is 11.3. The van der Waals surface area contributed by atoms with Crippen LogP contribution in [0, 0.1) is 13.8 Å². The minimum Gasteiger partial charge on any atom is -0.465 e. The van der Waals surface area contributed by atoms with Gasteiger partial charge in [-0.15, -0.1) is 0 Å². The van der Waals surface area contributed by atoms with Crippen LogP contribution in [0.5, 0.6) is 0 Å². The maximum Gasteiger partial charge on any atom is 0.341 e. The Kier molecular flexibility index (Phi) is 4.49. The van der Waals surface area contributed by atoms with Crippen LogP contribution in [0.15, 0.2) is 33.2 Å². The molecule has 0 fully saturated rings. The van der Waals surface area contributed by atoms with Gasteiger partial charge in [0.05, 0.1) is 13.7 Å². The Hall–Kier alpha value is -1.75. The van der Waals surface area contributed by atoms with Gasteiger partial charge in [-0.25, -0.2) is 4.79 Å². The zero-order chi connectivity index (χ0) is 14.7. The van der Waals surface area contributed by atoms with Crippen molar-refractivity contribution in [2.75, 3.05) is 12.4 Å². The SMILES string of the molecule is COC(=O)c1cc(CNc2cc(Br)ccc2C)oc1C. The van der Waals surface area contributed by atoms with E-state index in [1.54, 1.807) is 13.0 Å². The second-order valence-corrected chi connectivity index (χ2v) is 5.40. The smallest absolute Gasteiger partial charge is 0.341 e. The predicted octanol–water partition coefficient (Wildman–Crippen LogP) is 4.06. The van der Waals surface area contributed by atoms with E-state index in [1.807, 2.05) is 25.1 Å². The van der Waals surface area contributed by atoms with Gasteiger partial charge in [-0.3, -0.25) is 0 Å². The summed E-state index contributed by atoms with van der Waals surface area (Å²) in [4.78, 5) is 11.5. The highest BCUT2D eigenvalue weighted by atomic mass is 79.9. The average molecular weight is 338 g/mol. The Labute approximate surface area is 126 Å². The molecule has 2 rings (SSSR count). The third kappa shape index (κ3) is 3.22. The van der Waals surface area contributed by atoms with Crippen LogP contribution in [0.2, 0.25) is 0 Å². The van der Waals surface area contributed by atoms with Crippen molar-refractivity contribution in [2.24, 2.45) is 0 Å². The lowest BCUT2D eigenvalue weighted by Gasteiger charge is -2.08. The van der Waals surface area contributed by atoms with Gasteiger partial charge in [-0.2, -0.15) is 0 Å². The van der Waals surface area contributed by atoms with Crippen molar-refractivity contribution in [1.82, 2.24) is 0 Å². The number of carbonyl (C=O) groups excluding carboxylic acids is 1. The third-order valence-corrected chi connectivity index (χ3v) is 3.52. The first-order valence-corrected chi connectivity index (χ1v) is 6.98. The molecule has 0 aliphatic rings. The van der Waals surface area contributed by atoms with Crippen LogP contribution in [0.4, 0.5) is 5.69 Å². The molecule has 1 aromatic heterocycles. The minimum atomic E-state index is -0.379. The Balaban J connectivity index is 2.11. The number of carbonyl (C=O) groups is 1. The standard InChI is InChI=1S/C15H16BrNO3/c1-9-4-5-11(16)6-14(9)17-8-12-7-13(10(2)20-12)15(18)19-3/h4-7,17H,8H2,1-3H3. The molecule has 1 heterocycles. The maximum atomic E-state index is 11.5. The molecular weight excluding hydrogens is 322 g/mol. The Morgan fingerprint density at radius 2 is 2.10 bits per heavy atom. The van der Waals surface area contributed by atoms with Crippen LogP contribution >= 0.6 is 15.9 Å². The quantitative estimate of drug-likeness (QED) is 0.855. The molecule has 1 aromatic carbocycles. The molecule has 0 aliphatic heterocycles. The predicted molar refractivity (Wildman–Crippen MR) is 81.0 cm³/mol. The van der Waals surface area contributed by atoms with Gasteiger partial charge in [0.1, 0.15) is 17.1 Å². The number of halogens is 1. The molecule has 0 radical (unpaired) electrons. The number of esters is 1. The number of benzene rings is 1. The number of hydrogen-bond donors (Lipinski definition) is 1. The number of methoxy groups -OCH3 is 1. The van der Waals surface area contributed by atoms with E-state index in [9.17, 15) is 4.79 Å². The molecule has 4 nitrogen and oxygen atoms in total. The van der Waals surface area contributed by atoms with Gasteiger partial charge in [0.15, 0.2) is 0 Å². The minimum absolute atomic E-state index is 0.379. The average Bonchev–Trinajstić information content (AvgIpc) is 2.80. The van der Waals surface area contributed by atoms with E-state index in [2.05, 4.69) is 21.2 Å². The van der Waals surface area contributed by atoms with Crippen LogP contribution in [-0.2, 0) is 11.3 Å². The molecule has 0 aliphatic carbocycles. The zero-order valence-electron chi connectivity index (χ0n) is 11.6. The van der Waals surface area contributed by atoms with Crippen LogP contribution in [0.3, 0.4) is 0 Å². The van der Waals surface area contributed by atoms with Crippen molar-refractivity contribution in [2.45, 2.75) is 20.4 Å². The number of aryl methyl sites for hydroxylation is 2. The Morgan fingerprint density at radius 1 is 1.35 bits per heavy atom. The second-order valence-electron chi connectivity index (χ2n) is 4.49. The van der Waals surface area contributed by atoms with Crippen molar-refractivity contribution < 1.29 is 13.9 Å². The van der Waals surface area contributed by atoms with Gasteiger partial charge < -0.3 is 14.5 Å². The zero-order valence-corrected chi connectivity index (χ0v) is 13.2. The van der Waals surface area contributed by atoms with E-state index in [0.29, 0.717) is 23.6 Å². The molecule has 106 valence electrons. The number of nitrogens with one attached hydrogen (secondary N) is 1. The van der Waals surface area contributed by atoms with Crippen LogP contribution in [0.1, 0.15) is 27.4 Å². The Bertz CT molecular complexity index is 634. The van der Waals surface area contributed by atoms with E-state index in [0.717, 1.165) is 15.7 Å². The molecule has 0 saturated carbocycles. The number of furan rings is 1. The third-order valence-electron chi connectivity index (χ3n) is 3.03. The van der Waals surface area contributed by atoms with E-state index < -0.39 is 0 Å². The molecule has 0 saturated heterocycles. The van der Waals surface area contributed by atoms with Gasteiger partial charge >= 0.3 is 5.97 Å². The van der Waals surface area contributed by atoms with Gasteiger partial charge in [-0.1, -0.05) is 22.0 Å². The molecule has 1 N–H and O–H groups in total. The second kappa shape index (κ2) is 6.13. The largest absolute Gasteiger partial charge is 0.465 e. The van der Waals surface area contributed by atoms with Crippen molar-refractivity contribution in [3.8, 4) is 0 Å². The lowest BCUT2D eigenvalue weighted by atomic mass is 10.2. The Morgan fingerprint density at radius 3 is 2.80 bits per heavy atom. The highest BCUT2D eigenvalue weighted by Crippen LogP contribution is 2.22. The first kappa shape index (κ1) is 14.7.